The summed E-state index contributed by atoms with van der Waals surface area (Å²) in [5.41, 5.74) is 1.83. The van der Waals surface area contributed by atoms with Gasteiger partial charge in [-0.15, -0.1) is 0 Å². The van der Waals surface area contributed by atoms with Crippen molar-refractivity contribution in [1.29, 1.82) is 0 Å². The molecule has 2 aromatic rings. The van der Waals surface area contributed by atoms with Crippen LogP contribution >= 0.6 is 0 Å². The Morgan fingerprint density at radius 1 is 0.964 bits per heavy atom. The van der Waals surface area contributed by atoms with Crippen LogP contribution in [0.15, 0.2) is 42.5 Å². The summed E-state index contributed by atoms with van der Waals surface area (Å²) >= 11 is 0. The molecule has 0 heterocycles. The summed E-state index contributed by atoms with van der Waals surface area (Å²) in [5, 5.41) is 2.64. The molecule has 2 rings (SSSR count). The number of hydrogen-bond acceptors (Lipinski definition) is 6. The number of methoxy groups -OCH3 is 2. The number of anilines is 1. The number of carbonyl (C=O) groups is 2. The number of rotatable bonds is 9. The summed E-state index contributed by atoms with van der Waals surface area (Å²) in [6.07, 6.45) is 0.133. The maximum Gasteiger partial charge on any atom is 0.338 e. The first-order valence-electron chi connectivity index (χ1n) is 8.82. The molecule has 0 aliphatic carbocycles. The van der Waals surface area contributed by atoms with E-state index in [0.29, 0.717) is 29.4 Å². The molecule has 0 aliphatic heterocycles. The van der Waals surface area contributed by atoms with Gasteiger partial charge in [-0.2, -0.15) is 0 Å². The van der Waals surface area contributed by atoms with Crippen LogP contribution in [-0.4, -0.2) is 38.8 Å². The fraction of sp³-hybridized carbons (Fsp3) is 0.333. The lowest BCUT2D eigenvalue weighted by molar-refractivity contribution is -0.119. The van der Waals surface area contributed by atoms with Crippen molar-refractivity contribution in [2.75, 3.05) is 26.1 Å². The SMILES string of the molecule is COc1ccc(NC(=O)COC(=O)c2ccc(COC(C)C)cc2)cc1OC. The number of hydrogen-bond donors (Lipinski definition) is 1. The second-order valence-electron chi connectivity index (χ2n) is 6.25. The predicted molar refractivity (Wildman–Crippen MR) is 105 cm³/mol. The molecule has 150 valence electrons. The molecule has 2 aromatic carbocycles. The van der Waals surface area contributed by atoms with Crippen LogP contribution in [0, 0.1) is 0 Å². The molecule has 0 radical (unpaired) electrons. The predicted octanol–water partition coefficient (Wildman–Crippen LogP) is 3.42. The highest BCUT2D eigenvalue weighted by Gasteiger charge is 2.12. The maximum absolute atomic E-state index is 12.1. The second kappa shape index (κ2) is 10.3. The van der Waals surface area contributed by atoms with Crippen molar-refractivity contribution in [3.05, 3.63) is 53.6 Å². The Bertz CT molecular complexity index is 801. The van der Waals surface area contributed by atoms with Gasteiger partial charge in [0.05, 0.1) is 32.5 Å². The molecule has 0 aliphatic rings. The van der Waals surface area contributed by atoms with Crippen molar-refractivity contribution >= 4 is 17.6 Å². The molecule has 0 spiro atoms. The maximum atomic E-state index is 12.1. The van der Waals surface area contributed by atoms with Gasteiger partial charge in [0.2, 0.25) is 0 Å². The van der Waals surface area contributed by atoms with Crippen LogP contribution in [0.5, 0.6) is 11.5 Å². The number of ether oxygens (including phenoxy) is 4. The van der Waals surface area contributed by atoms with Crippen LogP contribution in [0.4, 0.5) is 5.69 Å². The van der Waals surface area contributed by atoms with Gasteiger partial charge >= 0.3 is 5.97 Å². The molecule has 1 amide bonds. The summed E-state index contributed by atoms with van der Waals surface area (Å²) in [7, 11) is 3.03. The fourth-order valence-corrected chi connectivity index (χ4v) is 2.33. The third-order valence-electron chi connectivity index (χ3n) is 3.77. The molecule has 0 bridgehead atoms. The summed E-state index contributed by atoms with van der Waals surface area (Å²) in [5.74, 6) is 0.00862. The van der Waals surface area contributed by atoms with Crippen LogP contribution in [0.1, 0.15) is 29.8 Å². The molecule has 7 heteroatoms. The minimum absolute atomic E-state index is 0.133. The highest BCUT2D eigenvalue weighted by atomic mass is 16.5. The monoisotopic (exact) mass is 387 g/mol. The standard InChI is InChI=1S/C21H25NO6/c1-14(2)27-12-15-5-7-16(8-6-15)21(24)28-13-20(23)22-17-9-10-18(25-3)19(11-17)26-4/h5-11,14H,12-13H2,1-4H3,(H,22,23). The second-order valence-corrected chi connectivity index (χ2v) is 6.25. The Hall–Kier alpha value is -3.06. The number of nitrogens with one attached hydrogen (secondary N) is 1. The van der Waals surface area contributed by atoms with Gasteiger partial charge in [0, 0.05) is 11.8 Å². The van der Waals surface area contributed by atoms with Crippen molar-refractivity contribution in [3.63, 3.8) is 0 Å². The van der Waals surface area contributed by atoms with Crippen molar-refractivity contribution in [2.45, 2.75) is 26.6 Å². The van der Waals surface area contributed by atoms with E-state index in [0.717, 1.165) is 5.56 Å². The molecular formula is C21H25NO6. The smallest absolute Gasteiger partial charge is 0.338 e. The van der Waals surface area contributed by atoms with Crippen LogP contribution in [0.2, 0.25) is 0 Å². The van der Waals surface area contributed by atoms with Crippen molar-refractivity contribution < 1.29 is 28.5 Å². The summed E-state index contributed by atoms with van der Waals surface area (Å²) in [6.45, 7) is 3.99. The van der Waals surface area contributed by atoms with Gasteiger partial charge in [-0.1, -0.05) is 12.1 Å². The van der Waals surface area contributed by atoms with Crippen LogP contribution in [0.25, 0.3) is 0 Å². The summed E-state index contributed by atoms with van der Waals surface area (Å²) in [6, 6.07) is 11.8. The van der Waals surface area contributed by atoms with Crippen molar-refractivity contribution in [2.24, 2.45) is 0 Å². The van der Waals surface area contributed by atoms with Crippen LogP contribution < -0.4 is 14.8 Å². The van der Waals surface area contributed by atoms with E-state index in [4.69, 9.17) is 18.9 Å². The van der Waals surface area contributed by atoms with E-state index in [1.165, 1.54) is 14.2 Å². The van der Waals surface area contributed by atoms with Gasteiger partial charge in [-0.05, 0) is 43.7 Å². The van der Waals surface area contributed by atoms with Gasteiger partial charge in [-0.25, -0.2) is 4.79 Å². The number of amides is 1. The number of esters is 1. The highest BCUT2D eigenvalue weighted by Crippen LogP contribution is 2.29. The van der Waals surface area contributed by atoms with E-state index in [2.05, 4.69) is 5.32 Å². The lowest BCUT2D eigenvalue weighted by atomic mass is 10.1. The number of carbonyl (C=O) groups excluding carboxylic acids is 2. The largest absolute Gasteiger partial charge is 0.493 e. The summed E-state index contributed by atoms with van der Waals surface area (Å²) in [4.78, 5) is 24.1. The van der Waals surface area contributed by atoms with Gasteiger partial charge in [0.15, 0.2) is 18.1 Å². The van der Waals surface area contributed by atoms with Crippen LogP contribution in [0.3, 0.4) is 0 Å². The molecule has 0 saturated carbocycles. The quantitative estimate of drug-likeness (QED) is 0.664. The van der Waals surface area contributed by atoms with E-state index < -0.39 is 18.5 Å². The highest BCUT2D eigenvalue weighted by molar-refractivity contribution is 5.95. The van der Waals surface area contributed by atoms with Gasteiger partial charge in [0.25, 0.3) is 5.91 Å². The zero-order valence-electron chi connectivity index (χ0n) is 16.5. The molecule has 0 fully saturated rings. The minimum atomic E-state index is -0.571. The van der Waals surface area contributed by atoms with Gasteiger partial charge < -0.3 is 24.3 Å². The molecular weight excluding hydrogens is 362 g/mol. The minimum Gasteiger partial charge on any atom is -0.493 e. The molecule has 0 unspecified atom stereocenters. The summed E-state index contributed by atoms with van der Waals surface area (Å²) < 4.78 is 20.9. The molecule has 0 saturated heterocycles. The first-order valence-corrected chi connectivity index (χ1v) is 8.82. The van der Waals surface area contributed by atoms with E-state index in [1.807, 2.05) is 13.8 Å². The Balaban J connectivity index is 1.86. The molecule has 0 aromatic heterocycles. The lowest BCUT2D eigenvalue weighted by Crippen LogP contribution is -2.21. The zero-order chi connectivity index (χ0) is 20.5. The Morgan fingerprint density at radius 3 is 2.25 bits per heavy atom. The number of benzene rings is 2. The topological polar surface area (TPSA) is 83.1 Å². The lowest BCUT2D eigenvalue weighted by Gasteiger charge is -2.11. The van der Waals surface area contributed by atoms with E-state index >= 15 is 0 Å². The normalized spacial score (nSPS) is 10.5. The fourth-order valence-electron chi connectivity index (χ4n) is 2.33. The first-order chi connectivity index (χ1) is 13.4. The Labute approximate surface area is 164 Å². The zero-order valence-corrected chi connectivity index (χ0v) is 16.5. The first kappa shape index (κ1) is 21.2. The molecule has 7 nitrogen and oxygen atoms in total. The van der Waals surface area contributed by atoms with Crippen molar-refractivity contribution in [3.8, 4) is 11.5 Å². The average molecular weight is 387 g/mol. The van der Waals surface area contributed by atoms with Crippen LogP contribution in [-0.2, 0) is 20.9 Å². The van der Waals surface area contributed by atoms with Gasteiger partial charge in [0.1, 0.15) is 0 Å². The third kappa shape index (κ3) is 6.28. The molecule has 0 atom stereocenters. The Morgan fingerprint density at radius 2 is 1.64 bits per heavy atom. The molecule has 1 N–H and O–H groups in total. The van der Waals surface area contributed by atoms with Gasteiger partial charge in [-0.3, -0.25) is 4.79 Å². The molecule has 28 heavy (non-hydrogen) atoms. The van der Waals surface area contributed by atoms with E-state index in [9.17, 15) is 9.59 Å². The Kier molecular flexibility index (Phi) is 7.83. The average Bonchev–Trinajstić information content (AvgIpc) is 2.70. The van der Waals surface area contributed by atoms with E-state index in [-0.39, 0.29) is 6.10 Å². The van der Waals surface area contributed by atoms with E-state index in [1.54, 1.807) is 42.5 Å². The van der Waals surface area contributed by atoms with Crippen molar-refractivity contribution in [1.82, 2.24) is 0 Å². The third-order valence-corrected chi connectivity index (χ3v) is 3.77.